The first-order valence-electron chi connectivity index (χ1n) is 6.04. The fourth-order valence-corrected chi connectivity index (χ4v) is 3.85. The maximum Gasteiger partial charge on any atom is 0.121 e. The van der Waals surface area contributed by atoms with Gasteiger partial charge in [0.25, 0.3) is 0 Å². The van der Waals surface area contributed by atoms with Crippen LogP contribution in [0.2, 0.25) is 0 Å². The van der Waals surface area contributed by atoms with Crippen molar-refractivity contribution in [2.75, 3.05) is 13.1 Å². The van der Waals surface area contributed by atoms with E-state index in [4.69, 9.17) is 5.73 Å². The first kappa shape index (κ1) is 11.2. The van der Waals surface area contributed by atoms with Crippen molar-refractivity contribution in [3.8, 4) is 0 Å². The fourth-order valence-electron chi connectivity index (χ4n) is 2.62. The second-order valence-electron chi connectivity index (χ2n) is 4.93. The lowest BCUT2D eigenvalue weighted by Gasteiger charge is -2.26. The highest BCUT2D eigenvalue weighted by molar-refractivity contribution is 7.18. The molecule has 2 unspecified atom stereocenters. The predicted octanol–water partition coefficient (Wildman–Crippen LogP) is 1.35. The molecule has 0 aromatic carbocycles. The third kappa shape index (κ3) is 1.88. The average Bonchev–Trinajstić information content (AvgIpc) is 2.82. The topological polar surface area (TPSA) is 55.9 Å². The Balaban J connectivity index is 1.97. The molecule has 0 aliphatic carbocycles. The molecule has 0 saturated carbocycles. The van der Waals surface area contributed by atoms with E-state index in [9.17, 15) is 0 Å². The van der Waals surface area contributed by atoms with Gasteiger partial charge in [0.05, 0.1) is 5.69 Å². The number of fused-ring (bicyclic) bond motifs is 1. The van der Waals surface area contributed by atoms with Gasteiger partial charge in [-0.05, 0) is 19.4 Å². The third-order valence-electron chi connectivity index (χ3n) is 3.50. The number of hydrogen-bond acceptors (Lipinski definition) is 4. The number of rotatable bonds is 1. The Kier molecular flexibility index (Phi) is 2.69. The minimum absolute atomic E-state index is 0.290. The van der Waals surface area contributed by atoms with E-state index in [-0.39, 0.29) is 6.04 Å². The van der Waals surface area contributed by atoms with Crippen molar-refractivity contribution in [1.82, 2.24) is 15.1 Å². The van der Waals surface area contributed by atoms with Crippen LogP contribution in [0.5, 0.6) is 0 Å². The van der Waals surface area contributed by atoms with E-state index in [1.165, 1.54) is 15.1 Å². The highest BCUT2D eigenvalue weighted by atomic mass is 32.1. The molecular weight excluding hydrogens is 232 g/mol. The van der Waals surface area contributed by atoms with E-state index in [2.05, 4.69) is 23.4 Å². The van der Waals surface area contributed by atoms with E-state index in [0.717, 1.165) is 25.2 Å². The van der Waals surface area contributed by atoms with Gasteiger partial charge in [0.1, 0.15) is 4.83 Å². The molecule has 3 heterocycles. The number of nitrogens with zero attached hydrogens (tertiary/aromatic N) is 2. The maximum atomic E-state index is 6.02. The first-order valence-corrected chi connectivity index (χ1v) is 6.86. The number of hydrogen-bond donors (Lipinski definition) is 2. The van der Waals surface area contributed by atoms with Crippen molar-refractivity contribution in [2.45, 2.75) is 25.3 Å². The van der Waals surface area contributed by atoms with Gasteiger partial charge in [0.15, 0.2) is 0 Å². The lowest BCUT2D eigenvalue weighted by molar-refractivity contribution is 0.415. The summed E-state index contributed by atoms with van der Waals surface area (Å²) < 4.78 is 1.98. The number of piperidine rings is 1. The van der Waals surface area contributed by atoms with Gasteiger partial charge >= 0.3 is 0 Å². The van der Waals surface area contributed by atoms with Gasteiger partial charge in [-0.2, -0.15) is 5.10 Å². The summed E-state index contributed by atoms with van der Waals surface area (Å²) in [5, 5.41) is 9.14. The molecule has 92 valence electrons. The first-order chi connectivity index (χ1) is 8.15. The highest BCUT2D eigenvalue weighted by Gasteiger charge is 2.23. The van der Waals surface area contributed by atoms with Crippen LogP contribution < -0.4 is 11.1 Å². The fraction of sp³-hybridized carbons (Fsp3) is 0.583. The third-order valence-corrected chi connectivity index (χ3v) is 4.87. The molecule has 4 nitrogen and oxygen atoms in total. The molecule has 0 bridgehead atoms. The molecule has 3 N–H and O–H groups in total. The molecule has 17 heavy (non-hydrogen) atoms. The van der Waals surface area contributed by atoms with Crippen molar-refractivity contribution in [3.63, 3.8) is 0 Å². The van der Waals surface area contributed by atoms with Crippen LogP contribution in [0.3, 0.4) is 0 Å². The zero-order chi connectivity index (χ0) is 12.0. The molecule has 0 amide bonds. The minimum atomic E-state index is 0.290. The van der Waals surface area contributed by atoms with Crippen LogP contribution in [-0.2, 0) is 7.05 Å². The van der Waals surface area contributed by atoms with Crippen molar-refractivity contribution in [1.29, 1.82) is 0 Å². The SMILES string of the molecule is Cc1nn(C)c2sc(C3CNCC(N)C3)cc12. The summed E-state index contributed by atoms with van der Waals surface area (Å²) in [5.74, 6) is 0.565. The van der Waals surface area contributed by atoms with Crippen LogP contribution in [-0.4, -0.2) is 28.9 Å². The van der Waals surface area contributed by atoms with Crippen molar-refractivity contribution in [3.05, 3.63) is 16.6 Å². The number of aromatic nitrogens is 2. The van der Waals surface area contributed by atoms with E-state index in [1.807, 2.05) is 23.1 Å². The summed E-state index contributed by atoms with van der Waals surface area (Å²) in [6.45, 7) is 4.07. The molecule has 1 aliphatic rings. The van der Waals surface area contributed by atoms with Crippen LogP contribution in [0.25, 0.3) is 10.2 Å². The van der Waals surface area contributed by atoms with Gasteiger partial charge in [0, 0.05) is 42.4 Å². The summed E-state index contributed by atoms with van der Waals surface area (Å²) in [7, 11) is 2.01. The number of nitrogens with one attached hydrogen (secondary N) is 1. The second-order valence-corrected chi connectivity index (χ2v) is 5.99. The van der Waals surface area contributed by atoms with Gasteiger partial charge < -0.3 is 11.1 Å². The Morgan fingerprint density at radius 3 is 3.06 bits per heavy atom. The minimum Gasteiger partial charge on any atom is -0.327 e. The molecule has 1 aliphatic heterocycles. The van der Waals surface area contributed by atoms with Crippen molar-refractivity contribution in [2.24, 2.45) is 12.8 Å². The Bertz CT molecular complexity index is 507. The van der Waals surface area contributed by atoms with Crippen LogP contribution in [0, 0.1) is 6.92 Å². The molecule has 3 rings (SSSR count). The van der Waals surface area contributed by atoms with Crippen LogP contribution in [0.4, 0.5) is 0 Å². The lowest BCUT2D eigenvalue weighted by atomic mass is 9.95. The predicted molar refractivity (Wildman–Crippen MR) is 71.5 cm³/mol. The smallest absolute Gasteiger partial charge is 0.121 e. The summed E-state index contributed by atoms with van der Waals surface area (Å²) in [4.78, 5) is 2.72. The Hall–Kier alpha value is -0.910. The van der Waals surface area contributed by atoms with Gasteiger partial charge in [-0.1, -0.05) is 0 Å². The molecule has 0 spiro atoms. The monoisotopic (exact) mass is 250 g/mol. The molecule has 5 heteroatoms. The molecule has 1 saturated heterocycles. The second kappa shape index (κ2) is 4.08. The molecule has 2 aromatic heterocycles. The van der Waals surface area contributed by atoms with Crippen LogP contribution >= 0.6 is 11.3 Å². The average molecular weight is 250 g/mol. The van der Waals surface area contributed by atoms with Crippen LogP contribution in [0.15, 0.2) is 6.07 Å². The molecule has 1 fully saturated rings. The van der Waals surface area contributed by atoms with Gasteiger partial charge in [-0.3, -0.25) is 4.68 Å². The van der Waals surface area contributed by atoms with E-state index < -0.39 is 0 Å². The van der Waals surface area contributed by atoms with Gasteiger partial charge in [0.2, 0.25) is 0 Å². The number of aryl methyl sites for hydroxylation is 2. The van der Waals surface area contributed by atoms with Gasteiger partial charge in [-0.25, -0.2) is 0 Å². The normalized spacial score (nSPS) is 25.6. The molecule has 2 atom stereocenters. The lowest BCUT2D eigenvalue weighted by Crippen LogP contribution is -2.42. The number of nitrogens with two attached hydrogens (primary N) is 1. The molecule has 2 aromatic rings. The van der Waals surface area contributed by atoms with Crippen molar-refractivity contribution < 1.29 is 0 Å². The molecular formula is C12H18N4S. The quantitative estimate of drug-likeness (QED) is 0.803. The summed E-state index contributed by atoms with van der Waals surface area (Å²) in [6, 6.07) is 2.59. The van der Waals surface area contributed by atoms with Crippen molar-refractivity contribution >= 4 is 21.6 Å². The standard InChI is InChI=1S/C12H18N4S/c1-7-10-4-11(17-12(10)16(2)15-7)8-3-9(13)6-14-5-8/h4,8-9,14H,3,5-6,13H2,1-2H3. The zero-order valence-corrected chi connectivity index (χ0v) is 11.0. The zero-order valence-electron chi connectivity index (χ0n) is 10.2. The summed E-state index contributed by atoms with van der Waals surface area (Å²) >= 11 is 1.86. The van der Waals surface area contributed by atoms with E-state index >= 15 is 0 Å². The largest absolute Gasteiger partial charge is 0.327 e. The summed E-state index contributed by atoms with van der Waals surface area (Å²) in [5.41, 5.74) is 7.14. The summed E-state index contributed by atoms with van der Waals surface area (Å²) in [6.07, 6.45) is 1.09. The Labute approximate surface area is 105 Å². The van der Waals surface area contributed by atoms with E-state index in [0.29, 0.717) is 5.92 Å². The highest BCUT2D eigenvalue weighted by Crippen LogP contribution is 2.34. The van der Waals surface area contributed by atoms with E-state index in [1.54, 1.807) is 0 Å². The number of thiophene rings is 1. The molecule has 0 radical (unpaired) electrons. The Morgan fingerprint density at radius 2 is 2.35 bits per heavy atom. The Morgan fingerprint density at radius 1 is 1.53 bits per heavy atom. The maximum absolute atomic E-state index is 6.02. The van der Waals surface area contributed by atoms with Gasteiger partial charge in [-0.15, -0.1) is 11.3 Å². The van der Waals surface area contributed by atoms with Crippen LogP contribution in [0.1, 0.15) is 22.9 Å².